The van der Waals surface area contributed by atoms with E-state index in [1.807, 2.05) is 0 Å². The van der Waals surface area contributed by atoms with Gasteiger partial charge in [0.15, 0.2) is 0 Å². The lowest BCUT2D eigenvalue weighted by molar-refractivity contribution is 0.0526. The van der Waals surface area contributed by atoms with Crippen molar-refractivity contribution in [2.45, 2.75) is 6.92 Å². The number of rotatable bonds is 3. The van der Waals surface area contributed by atoms with Crippen molar-refractivity contribution >= 4 is 24.1 Å². The van der Waals surface area contributed by atoms with E-state index in [4.69, 9.17) is 10.5 Å². The Labute approximate surface area is 95.2 Å². The van der Waals surface area contributed by atoms with Crippen LogP contribution in [0.3, 0.4) is 0 Å². The Bertz CT molecular complexity index is 451. The fourth-order valence-corrected chi connectivity index (χ4v) is 2.50. The summed E-state index contributed by atoms with van der Waals surface area (Å²) in [6.45, 7) is 5.29. The molecule has 0 bridgehead atoms. The number of ether oxygens (including phenoxy) is 1. The first-order valence-electron chi connectivity index (χ1n) is 4.98. The van der Waals surface area contributed by atoms with E-state index in [0.717, 1.165) is 0 Å². The maximum Gasteiger partial charge on any atom is 0.338 e. The third-order valence-electron chi connectivity index (χ3n) is 2.12. The van der Waals surface area contributed by atoms with Crippen LogP contribution < -0.4 is 11.0 Å². The highest BCUT2D eigenvalue weighted by atomic mass is 31.2. The van der Waals surface area contributed by atoms with Gasteiger partial charge in [0.05, 0.1) is 12.2 Å². The predicted octanol–water partition coefficient (Wildman–Crippen LogP) is 1.69. The highest BCUT2D eigenvalue weighted by molar-refractivity contribution is 7.70. The van der Waals surface area contributed by atoms with Gasteiger partial charge in [-0.25, -0.2) is 4.79 Å². The maximum absolute atomic E-state index is 11.9. The molecular weight excluding hydrogens is 225 g/mol. The van der Waals surface area contributed by atoms with Gasteiger partial charge in [-0.05, 0) is 38.5 Å². The Balaban J connectivity index is 3.18. The molecule has 0 unspecified atom stereocenters. The highest BCUT2D eigenvalue weighted by Gasteiger charge is 2.17. The number of carbonyl (C=O) groups is 1. The minimum Gasteiger partial charge on any atom is -0.462 e. The topological polar surface area (TPSA) is 69.4 Å². The number of esters is 1. The zero-order valence-electron chi connectivity index (χ0n) is 9.69. The summed E-state index contributed by atoms with van der Waals surface area (Å²) < 4.78 is 16.8. The molecule has 0 heterocycles. The van der Waals surface area contributed by atoms with Gasteiger partial charge >= 0.3 is 5.97 Å². The van der Waals surface area contributed by atoms with E-state index < -0.39 is 13.1 Å². The van der Waals surface area contributed by atoms with Crippen LogP contribution >= 0.6 is 7.14 Å². The van der Waals surface area contributed by atoms with Gasteiger partial charge in [-0.3, -0.25) is 0 Å². The number of benzene rings is 1. The Hall–Kier alpha value is -1.28. The quantitative estimate of drug-likeness (QED) is 0.496. The van der Waals surface area contributed by atoms with Crippen LogP contribution in [0.4, 0.5) is 5.69 Å². The summed E-state index contributed by atoms with van der Waals surface area (Å²) in [6, 6.07) is 4.71. The summed E-state index contributed by atoms with van der Waals surface area (Å²) in [7, 11) is -2.47. The molecule has 0 saturated heterocycles. The minimum atomic E-state index is -2.47. The normalized spacial score (nSPS) is 11.2. The number of hydrogen-bond donors (Lipinski definition) is 1. The average molecular weight is 241 g/mol. The summed E-state index contributed by atoms with van der Waals surface area (Å²) in [4.78, 5) is 11.5. The van der Waals surface area contributed by atoms with Crippen molar-refractivity contribution in [1.29, 1.82) is 0 Å². The molecule has 0 aliphatic rings. The molecule has 0 amide bonds. The Morgan fingerprint density at radius 3 is 2.56 bits per heavy atom. The maximum atomic E-state index is 11.9. The van der Waals surface area contributed by atoms with Crippen molar-refractivity contribution in [2.75, 3.05) is 25.7 Å². The van der Waals surface area contributed by atoms with Gasteiger partial charge in [0.25, 0.3) is 0 Å². The number of hydrogen-bond acceptors (Lipinski definition) is 4. The average Bonchev–Trinajstić information content (AvgIpc) is 2.16. The lowest BCUT2D eigenvalue weighted by Crippen LogP contribution is -2.14. The molecule has 4 nitrogen and oxygen atoms in total. The first-order chi connectivity index (χ1) is 7.36. The Morgan fingerprint density at radius 1 is 1.44 bits per heavy atom. The van der Waals surface area contributed by atoms with Crippen molar-refractivity contribution < 1.29 is 14.1 Å². The molecular formula is C11H16NO3P. The van der Waals surface area contributed by atoms with E-state index in [9.17, 15) is 9.36 Å². The number of nitrogen functional groups attached to an aromatic ring is 1. The lowest BCUT2D eigenvalue weighted by Gasteiger charge is -2.11. The molecule has 5 heteroatoms. The molecule has 16 heavy (non-hydrogen) atoms. The molecule has 0 aliphatic heterocycles. The summed E-state index contributed by atoms with van der Waals surface area (Å²) in [6.07, 6.45) is 0. The van der Waals surface area contributed by atoms with E-state index in [2.05, 4.69) is 0 Å². The van der Waals surface area contributed by atoms with Crippen LogP contribution in [0.5, 0.6) is 0 Å². The second-order valence-corrected chi connectivity index (χ2v) is 7.03. The first kappa shape index (κ1) is 12.8. The summed E-state index contributed by atoms with van der Waals surface area (Å²) in [5.41, 5.74) is 6.56. The van der Waals surface area contributed by atoms with E-state index >= 15 is 0 Å². The smallest absolute Gasteiger partial charge is 0.338 e. The molecule has 2 N–H and O–H groups in total. The number of carbonyl (C=O) groups excluding carboxylic acids is 1. The Kier molecular flexibility index (Phi) is 3.76. The molecule has 88 valence electrons. The second kappa shape index (κ2) is 4.71. The summed E-state index contributed by atoms with van der Waals surface area (Å²) in [5.74, 6) is -0.419. The van der Waals surface area contributed by atoms with Crippen molar-refractivity contribution in [3.63, 3.8) is 0 Å². The van der Waals surface area contributed by atoms with Gasteiger partial charge in [0.1, 0.15) is 7.14 Å². The molecule has 1 rings (SSSR count). The van der Waals surface area contributed by atoms with Crippen molar-refractivity contribution in [3.8, 4) is 0 Å². The molecule has 0 aromatic heterocycles. The molecule has 0 fully saturated rings. The van der Waals surface area contributed by atoms with Crippen LogP contribution in [0.2, 0.25) is 0 Å². The third-order valence-corrected chi connectivity index (χ3v) is 3.67. The van der Waals surface area contributed by atoms with Gasteiger partial charge in [0, 0.05) is 11.0 Å². The molecule has 0 atom stereocenters. The van der Waals surface area contributed by atoms with Crippen molar-refractivity contribution in [2.24, 2.45) is 0 Å². The van der Waals surface area contributed by atoms with Crippen molar-refractivity contribution in [1.82, 2.24) is 0 Å². The highest BCUT2D eigenvalue weighted by Crippen LogP contribution is 2.37. The Morgan fingerprint density at radius 2 is 2.06 bits per heavy atom. The fourth-order valence-electron chi connectivity index (χ4n) is 1.35. The van der Waals surface area contributed by atoms with Gasteiger partial charge in [-0.15, -0.1) is 0 Å². The lowest BCUT2D eigenvalue weighted by atomic mass is 10.2. The number of anilines is 1. The van der Waals surface area contributed by atoms with Crippen LogP contribution in [-0.2, 0) is 9.30 Å². The van der Waals surface area contributed by atoms with E-state index in [1.54, 1.807) is 38.5 Å². The van der Waals surface area contributed by atoms with Gasteiger partial charge in [-0.2, -0.15) is 0 Å². The molecule has 1 aromatic rings. The minimum absolute atomic E-state index is 0.314. The second-order valence-electron chi connectivity index (χ2n) is 3.84. The fraction of sp³-hybridized carbons (Fsp3) is 0.364. The van der Waals surface area contributed by atoms with Gasteiger partial charge < -0.3 is 15.0 Å². The molecule has 1 aromatic carbocycles. The van der Waals surface area contributed by atoms with Crippen LogP contribution in [0.1, 0.15) is 17.3 Å². The first-order valence-corrected chi connectivity index (χ1v) is 7.58. The molecule has 0 aliphatic carbocycles. The predicted molar refractivity (Wildman–Crippen MR) is 65.9 cm³/mol. The van der Waals surface area contributed by atoms with Crippen LogP contribution in [0.25, 0.3) is 0 Å². The zero-order chi connectivity index (χ0) is 12.3. The third kappa shape index (κ3) is 2.86. The molecule has 0 radical (unpaired) electrons. The zero-order valence-corrected chi connectivity index (χ0v) is 10.6. The standard InChI is InChI=1S/C11H16NO3P/c1-4-15-11(13)8-5-6-9(12)10(7-8)16(2,3)14/h5-7H,4,12H2,1-3H3. The number of nitrogens with two attached hydrogens (primary N) is 1. The van der Waals surface area contributed by atoms with Gasteiger partial charge in [-0.1, -0.05) is 0 Å². The molecule has 0 saturated carbocycles. The van der Waals surface area contributed by atoms with Crippen LogP contribution in [0, 0.1) is 0 Å². The van der Waals surface area contributed by atoms with E-state index in [1.165, 1.54) is 0 Å². The summed E-state index contributed by atoms with van der Waals surface area (Å²) in [5, 5.41) is 0.526. The largest absolute Gasteiger partial charge is 0.462 e. The monoisotopic (exact) mass is 241 g/mol. The van der Waals surface area contributed by atoms with Crippen LogP contribution in [-0.4, -0.2) is 25.9 Å². The van der Waals surface area contributed by atoms with E-state index in [0.29, 0.717) is 23.2 Å². The van der Waals surface area contributed by atoms with E-state index in [-0.39, 0.29) is 0 Å². The van der Waals surface area contributed by atoms with Crippen molar-refractivity contribution in [3.05, 3.63) is 23.8 Å². The summed E-state index contributed by atoms with van der Waals surface area (Å²) >= 11 is 0. The van der Waals surface area contributed by atoms with Crippen LogP contribution in [0.15, 0.2) is 18.2 Å². The SMILES string of the molecule is CCOC(=O)c1ccc(N)c(P(C)(C)=O)c1. The molecule has 0 spiro atoms. The van der Waals surface area contributed by atoms with Gasteiger partial charge in [0.2, 0.25) is 0 Å².